The summed E-state index contributed by atoms with van der Waals surface area (Å²) in [5.74, 6) is 0. The Balaban J connectivity index is 1.66. The summed E-state index contributed by atoms with van der Waals surface area (Å²) in [6.07, 6.45) is 5.44. The molecule has 1 aliphatic heterocycles. The second-order valence-electron chi connectivity index (χ2n) is 5.94. The van der Waals surface area contributed by atoms with E-state index in [2.05, 4.69) is 54.6 Å². The third kappa shape index (κ3) is 2.60. The number of benzene rings is 2. The average molecular weight is 292 g/mol. The second-order valence-corrected chi connectivity index (χ2v) is 5.94. The molecule has 1 saturated heterocycles. The van der Waals surface area contributed by atoms with Gasteiger partial charge < -0.3 is 9.47 Å². The van der Waals surface area contributed by atoms with Crippen molar-refractivity contribution in [2.24, 2.45) is 0 Å². The summed E-state index contributed by atoms with van der Waals surface area (Å²) in [7, 11) is 0. The summed E-state index contributed by atoms with van der Waals surface area (Å²) < 4.78 is 12.6. The zero-order valence-corrected chi connectivity index (χ0v) is 12.5. The third-order valence-electron chi connectivity index (χ3n) is 4.45. The molecular weight excluding hydrogens is 272 g/mol. The summed E-state index contributed by atoms with van der Waals surface area (Å²) in [5.41, 5.74) is 3.66. The lowest BCUT2D eigenvalue weighted by molar-refractivity contribution is -0.0393. The Labute approximate surface area is 131 Å². The highest BCUT2D eigenvalue weighted by molar-refractivity contribution is 5.27. The number of hydrogen-bond donors (Lipinski definition) is 0. The standard InChI is InChI=1S/C20H20O2/c1-3-9-15(10-4-1)18-19(16-11-5-2-6-12-16)22-20(21-18)17-13-7-8-14-17/h1-6,9-13,18-20H,7-8,14H2/t18-,19-/m1/s1. The van der Waals surface area contributed by atoms with Crippen LogP contribution in [0.4, 0.5) is 0 Å². The molecule has 2 aromatic rings. The van der Waals surface area contributed by atoms with Gasteiger partial charge in [0.05, 0.1) is 0 Å². The highest BCUT2D eigenvalue weighted by Gasteiger charge is 2.39. The van der Waals surface area contributed by atoms with E-state index < -0.39 is 0 Å². The largest absolute Gasteiger partial charge is 0.338 e. The molecule has 2 heteroatoms. The zero-order valence-electron chi connectivity index (χ0n) is 12.5. The normalized spacial score (nSPS) is 25.4. The first-order valence-corrected chi connectivity index (χ1v) is 8.01. The molecule has 1 aliphatic carbocycles. The molecule has 0 aromatic heterocycles. The molecule has 0 amide bonds. The van der Waals surface area contributed by atoms with Crippen LogP contribution in [0.15, 0.2) is 72.3 Å². The molecule has 0 unspecified atom stereocenters. The molecule has 1 fully saturated rings. The number of ether oxygens (including phenoxy) is 2. The summed E-state index contributed by atoms with van der Waals surface area (Å²) in [4.78, 5) is 0. The number of hydrogen-bond acceptors (Lipinski definition) is 2. The van der Waals surface area contributed by atoms with E-state index in [1.165, 1.54) is 23.1 Å². The topological polar surface area (TPSA) is 18.5 Å². The van der Waals surface area contributed by atoms with Crippen molar-refractivity contribution < 1.29 is 9.47 Å². The van der Waals surface area contributed by atoms with Crippen molar-refractivity contribution in [3.05, 3.63) is 83.4 Å². The summed E-state index contributed by atoms with van der Waals surface area (Å²) in [6.45, 7) is 0. The molecule has 2 atom stereocenters. The van der Waals surface area contributed by atoms with Gasteiger partial charge in [0.25, 0.3) is 0 Å². The molecule has 2 aliphatic rings. The lowest BCUT2D eigenvalue weighted by atomic mass is 9.99. The molecule has 0 radical (unpaired) electrons. The first-order chi connectivity index (χ1) is 10.9. The molecule has 0 N–H and O–H groups in total. The number of allylic oxidation sites excluding steroid dienone is 1. The smallest absolute Gasteiger partial charge is 0.181 e. The fourth-order valence-electron chi connectivity index (χ4n) is 3.32. The van der Waals surface area contributed by atoms with Gasteiger partial charge in [-0.15, -0.1) is 0 Å². The van der Waals surface area contributed by atoms with Crippen molar-refractivity contribution in [1.29, 1.82) is 0 Å². The first-order valence-electron chi connectivity index (χ1n) is 8.01. The van der Waals surface area contributed by atoms with E-state index in [4.69, 9.17) is 9.47 Å². The SMILES string of the molecule is C1=C(C2O[C@H](c3ccccc3)[C@@H](c3ccccc3)O2)CCC1. The van der Waals surface area contributed by atoms with Crippen LogP contribution in [0.2, 0.25) is 0 Å². The third-order valence-corrected chi connectivity index (χ3v) is 4.45. The van der Waals surface area contributed by atoms with E-state index in [0.717, 1.165) is 12.8 Å². The Morgan fingerprint density at radius 1 is 0.727 bits per heavy atom. The summed E-state index contributed by atoms with van der Waals surface area (Å²) in [5, 5.41) is 0. The maximum absolute atomic E-state index is 6.31. The summed E-state index contributed by atoms with van der Waals surface area (Å²) >= 11 is 0. The predicted octanol–water partition coefficient (Wildman–Crippen LogP) is 4.95. The zero-order chi connectivity index (χ0) is 14.8. The Morgan fingerprint density at radius 2 is 1.27 bits per heavy atom. The lowest BCUT2D eigenvalue weighted by Gasteiger charge is -2.17. The maximum atomic E-state index is 6.31. The van der Waals surface area contributed by atoms with Crippen LogP contribution >= 0.6 is 0 Å². The Morgan fingerprint density at radius 3 is 1.73 bits per heavy atom. The van der Waals surface area contributed by atoms with Crippen molar-refractivity contribution in [3.8, 4) is 0 Å². The minimum Gasteiger partial charge on any atom is -0.338 e. The molecular formula is C20H20O2. The molecule has 0 spiro atoms. The minimum absolute atomic E-state index is 0.0462. The van der Waals surface area contributed by atoms with Gasteiger partial charge in [-0.3, -0.25) is 0 Å². The maximum Gasteiger partial charge on any atom is 0.181 e. The van der Waals surface area contributed by atoms with Crippen LogP contribution in [0.1, 0.15) is 42.6 Å². The van der Waals surface area contributed by atoms with Crippen molar-refractivity contribution in [2.75, 3.05) is 0 Å². The van der Waals surface area contributed by atoms with Gasteiger partial charge in [0.2, 0.25) is 0 Å². The van der Waals surface area contributed by atoms with Gasteiger partial charge in [-0.2, -0.15) is 0 Å². The van der Waals surface area contributed by atoms with Crippen molar-refractivity contribution in [2.45, 2.75) is 37.8 Å². The van der Waals surface area contributed by atoms with Crippen molar-refractivity contribution in [3.63, 3.8) is 0 Å². The van der Waals surface area contributed by atoms with E-state index >= 15 is 0 Å². The van der Waals surface area contributed by atoms with Gasteiger partial charge in [-0.1, -0.05) is 66.7 Å². The van der Waals surface area contributed by atoms with Crippen molar-refractivity contribution >= 4 is 0 Å². The van der Waals surface area contributed by atoms with Crippen LogP contribution in [0, 0.1) is 0 Å². The fraction of sp³-hybridized carbons (Fsp3) is 0.300. The molecule has 112 valence electrons. The van der Waals surface area contributed by atoms with E-state index in [9.17, 15) is 0 Å². The molecule has 0 bridgehead atoms. The van der Waals surface area contributed by atoms with E-state index in [-0.39, 0.29) is 18.5 Å². The molecule has 4 rings (SSSR count). The van der Waals surface area contributed by atoms with Crippen LogP contribution in [0.5, 0.6) is 0 Å². The van der Waals surface area contributed by atoms with Gasteiger partial charge >= 0.3 is 0 Å². The predicted molar refractivity (Wildman–Crippen MR) is 86.3 cm³/mol. The van der Waals surface area contributed by atoms with Gasteiger partial charge in [0.15, 0.2) is 6.29 Å². The van der Waals surface area contributed by atoms with Crippen LogP contribution in [-0.4, -0.2) is 6.29 Å². The minimum atomic E-state index is -0.196. The van der Waals surface area contributed by atoms with Gasteiger partial charge in [-0.25, -0.2) is 0 Å². The average Bonchev–Trinajstić information content (AvgIpc) is 3.26. The molecule has 0 saturated carbocycles. The van der Waals surface area contributed by atoms with E-state index in [0.29, 0.717) is 0 Å². The van der Waals surface area contributed by atoms with Crippen LogP contribution in [0.3, 0.4) is 0 Å². The summed E-state index contributed by atoms with van der Waals surface area (Å²) in [6, 6.07) is 20.8. The molecule has 2 aromatic carbocycles. The van der Waals surface area contributed by atoms with Gasteiger partial charge in [0.1, 0.15) is 12.2 Å². The quantitative estimate of drug-likeness (QED) is 0.745. The Bertz CT molecular complexity index is 600. The molecule has 2 nitrogen and oxygen atoms in total. The second kappa shape index (κ2) is 6.07. The monoisotopic (exact) mass is 292 g/mol. The van der Waals surface area contributed by atoms with Crippen LogP contribution < -0.4 is 0 Å². The van der Waals surface area contributed by atoms with Crippen molar-refractivity contribution in [1.82, 2.24) is 0 Å². The lowest BCUT2D eigenvalue weighted by Crippen LogP contribution is -2.10. The van der Waals surface area contributed by atoms with Gasteiger partial charge in [0, 0.05) is 0 Å². The van der Waals surface area contributed by atoms with E-state index in [1.54, 1.807) is 0 Å². The first kappa shape index (κ1) is 13.7. The highest BCUT2D eigenvalue weighted by atomic mass is 16.7. The Kier molecular flexibility index (Phi) is 3.79. The molecule has 1 heterocycles. The molecule has 22 heavy (non-hydrogen) atoms. The van der Waals surface area contributed by atoms with Gasteiger partial charge in [-0.05, 0) is 36.0 Å². The van der Waals surface area contributed by atoms with E-state index in [1.807, 2.05) is 12.1 Å². The Hall–Kier alpha value is -1.90. The number of rotatable bonds is 3. The highest BCUT2D eigenvalue weighted by Crippen LogP contribution is 2.45. The van der Waals surface area contributed by atoms with Crippen LogP contribution in [0.25, 0.3) is 0 Å². The fourth-order valence-corrected chi connectivity index (χ4v) is 3.32. The van der Waals surface area contributed by atoms with Crippen LogP contribution in [-0.2, 0) is 9.47 Å².